The van der Waals surface area contributed by atoms with E-state index in [0.717, 1.165) is 37.3 Å². The number of nitrogens with one attached hydrogen (secondary N) is 2. The number of para-hydroxylation sites is 2. The van der Waals surface area contributed by atoms with Gasteiger partial charge in [-0.25, -0.2) is 9.37 Å². The highest BCUT2D eigenvalue weighted by Crippen LogP contribution is 2.28. The van der Waals surface area contributed by atoms with Crippen LogP contribution in [0.25, 0.3) is 0 Å². The van der Waals surface area contributed by atoms with E-state index in [9.17, 15) is 22.1 Å². The van der Waals surface area contributed by atoms with Gasteiger partial charge in [-0.2, -0.15) is 0 Å². The van der Waals surface area contributed by atoms with Crippen molar-refractivity contribution >= 4 is 30.4 Å². The maximum Gasteiger partial charge on any atom is 0.673 e. The van der Waals surface area contributed by atoms with Crippen LogP contribution in [0.3, 0.4) is 0 Å². The maximum atomic E-state index is 12.1. The van der Waals surface area contributed by atoms with E-state index >= 15 is 0 Å². The second-order valence-corrected chi connectivity index (χ2v) is 8.38. The molecule has 1 amide bonds. The number of halogens is 4. The smallest absolute Gasteiger partial charge is 0.450 e. The number of allylic oxidation sites excluding steroid dienone is 2. The van der Waals surface area contributed by atoms with Gasteiger partial charge in [0.1, 0.15) is 0 Å². The van der Waals surface area contributed by atoms with Gasteiger partial charge in [0.05, 0.1) is 19.7 Å². The van der Waals surface area contributed by atoms with Gasteiger partial charge in [0.25, 0.3) is 0 Å². The summed E-state index contributed by atoms with van der Waals surface area (Å²) in [4.78, 5) is 13.9. The second kappa shape index (κ2) is 13.5. The van der Waals surface area contributed by atoms with E-state index in [1.165, 1.54) is 16.9 Å². The van der Waals surface area contributed by atoms with Gasteiger partial charge in [-0.05, 0) is 44.0 Å². The summed E-state index contributed by atoms with van der Waals surface area (Å²) in [7, 11) is -6.00. The molecule has 2 aromatic rings. The van der Waals surface area contributed by atoms with Crippen molar-refractivity contribution in [2.45, 2.75) is 19.8 Å². The number of anilines is 2. The highest BCUT2D eigenvalue weighted by atomic mass is 19.5. The van der Waals surface area contributed by atoms with Gasteiger partial charge in [0.15, 0.2) is 13.1 Å². The third-order valence-electron chi connectivity index (χ3n) is 5.77. The first kappa shape index (κ1) is 27.8. The lowest BCUT2D eigenvalue weighted by atomic mass is 10.1. The lowest BCUT2D eigenvalue weighted by Gasteiger charge is -2.25. The summed E-state index contributed by atoms with van der Waals surface area (Å²) < 4.78 is 46.6. The monoisotopic (exact) mass is 518 g/mol. The van der Waals surface area contributed by atoms with Gasteiger partial charge in [0, 0.05) is 34.9 Å². The molecule has 198 valence electrons. The average molecular weight is 518 g/mol. The molecule has 0 aromatic heterocycles. The maximum absolute atomic E-state index is 12.1. The van der Waals surface area contributed by atoms with Crippen LogP contribution in [0, 0.1) is 0 Å². The molecule has 2 fully saturated rings. The van der Waals surface area contributed by atoms with Crippen LogP contribution in [0.4, 0.5) is 33.4 Å². The molecule has 0 bridgehead atoms. The highest BCUT2D eigenvalue weighted by molar-refractivity contribution is 6.50. The van der Waals surface area contributed by atoms with E-state index in [2.05, 4.69) is 51.9 Å². The molecule has 1 aliphatic carbocycles. The van der Waals surface area contributed by atoms with Crippen molar-refractivity contribution in [1.29, 1.82) is 0 Å². The van der Waals surface area contributed by atoms with Crippen LogP contribution < -0.4 is 10.6 Å². The topological polar surface area (TPSA) is 56.6 Å². The SMILES string of the molecule is CCOC(=O)N1CC[N+](=C2/C(=C\Nc3ccccc3)CC/C2=C\Nc2ccccc2)CC1.F[B-](F)(F)F. The Morgan fingerprint density at radius 3 is 1.73 bits per heavy atom. The summed E-state index contributed by atoms with van der Waals surface area (Å²) in [5.41, 5.74) is 6.00. The van der Waals surface area contributed by atoms with Crippen molar-refractivity contribution in [3.05, 3.63) is 84.2 Å². The first-order valence-corrected chi connectivity index (χ1v) is 12.2. The molecule has 4 rings (SSSR count). The van der Waals surface area contributed by atoms with Crippen molar-refractivity contribution in [3.63, 3.8) is 0 Å². The second-order valence-electron chi connectivity index (χ2n) is 8.38. The number of nitrogens with zero attached hydrogens (tertiary/aromatic N) is 2. The van der Waals surface area contributed by atoms with Crippen molar-refractivity contribution in [3.8, 4) is 0 Å². The zero-order chi connectivity index (χ0) is 26.7. The summed E-state index contributed by atoms with van der Waals surface area (Å²) in [5, 5.41) is 6.90. The fourth-order valence-corrected chi connectivity index (χ4v) is 4.14. The number of amides is 1. The lowest BCUT2D eigenvalue weighted by molar-refractivity contribution is -0.537. The molecule has 1 saturated carbocycles. The minimum atomic E-state index is -6.00. The molecule has 2 aliphatic rings. The van der Waals surface area contributed by atoms with Gasteiger partial charge < -0.3 is 32.6 Å². The van der Waals surface area contributed by atoms with E-state index in [4.69, 9.17) is 4.74 Å². The van der Waals surface area contributed by atoms with Crippen molar-refractivity contribution < 1.29 is 31.4 Å². The standard InChI is InChI=1S/C26H30N4O2.BF4/c1-2-32-26(31)30-17-15-29(16-18-30)25-21(19-27-23-9-5-3-6-10-23)13-14-22(25)20-28-24-11-7-4-8-12-24;2-1(3,4)5/h3-12,19-20H,2,13-18H2,1H3,(H,27,28);/q;-1/p+1. The number of carbonyl (C=O) groups excluding carboxylic acids is 1. The molecule has 0 unspecified atom stereocenters. The molecule has 1 aliphatic heterocycles. The van der Waals surface area contributed by atoms with Crippen LogP contribution in [-0.4, -0.2) is 61.3 Å². The molecule has 11 heteroatoms. The van der Waals surface area contributed by atoms with Crippen molar-refractivity contribution in [2.24, 2.45) is 0 Å². The number of hydrogen-bond acceptors (Lipinski definition) is 4. The highest BCUT2D eigenvalue weighted by Gasteiger charge is 2.33. The fraction of sp³-hybridized carbons (Fsp3) is 0.308. The molecule has 0 spiro atoms. The zero-order valence-corrected chi connectivity index (χ0v) is 20.7. The fourth-order valence-electron chi connectivity index (χ4n) is 4.14. The van der Waals surface area contributed by atoms with Crippen LogP contribution >= 0.6 is 0 Å². The summed E-state index contributed by atoms with van der Waals surface area (Å²) in [5.74, 6) is 0. The predicted octanol–water partition coefficient (Wildman–Crippen LogP) is 6.00. The van der Waals surface area contributed by atoms with Crippen LogP contribution in [-0.2, 0) is 4.74 Å². The van der Waals surface area contributed by atoms with Gasteiger partial charge in [-0.3, -0.25) is 4.90 Å². The Morgan fingerprint density at radius 1 is 0.892 bits per heavy atom. The zero-order valence-electron chi connectivity index (χ0n) is 20.7. The number of piperazine rings is 1. The molecule has 0 radical (unpaired) electrons. The molecular weight excluding hydrogens is 487 g/mol. The Bertz CT molecular complexity index is 1040. The van der Waals surface area contributed by atoms with Gasteiger partial charge in [-0.15, -0.1) is 0 Å². The van der Waals surface area contributed by atoms with E-state index in [0.29, 0.717) is 19.7 Å². The first-order valence-electron chi connectivity index (χ1n) is 12.2. The number of carbonyl (C=O) groups is 1. The summed E-state index contributed by atoms with van der Waals surface area (Å²) in [6.45, 7) is 5.17. The number of ether oxygens (including phenoxy) is 1. The van der Waals surface area contributed by atoms with Gasteiger partial charge >= 0.3 is 13.3 Å². The van der Waals surface area contributed by atoms with Crippen LogP contribution in [0.15, 0.2) is 84.2 Å². The summed E-state index contributed by atoms with van der Waals surface area (Å²) in [6.07, 6.45) is 6.01. The lowest BCUT2D eigenvalue weighted by Crippen LogP contribution is -2.47. The predicted molar refractivity (Wildman–Crippen MR) is 139 cm³/mol. The van der Waals surface area contributed by atoms with E-state index in [-0.39, 0.29) is 6.09 Å². The summed E-state index contributed by atoms with van der Waals surface area (Å²) >= 11 is 0. The van der Waals surface area contributed by atoms with E-state index in [1.807, 2.05) is 43.3 Å². The third-order valence-corrected chi connectivity index (χ3v) is 5.77. The number of hydrogen-bond donors (Lipinski definition) is 2. The minimum absolute atomic E-state index is 0.216. The van der Waals surface area contributed by atoms with Crippen LogP contribution in [0.1, 0.15) is 19.8 Å². The quantitative estimate of drug-likeness (QED) is 0.290. The Hall–Kier alpha value is -3.76. The Kier molecular flexibility index (Phi) is 10.2. The molecule has 1 saturated heterocycles. The molecule has 37 heavy (non-hydrogen) atoms. The van der Waals surface area contributed by atoms with Gasteiger partial charge in [-0.1, -0.05) is 36.4 Å². The molecule has 2 aromatic carbocycles. The number of benzene rings is 2. The Balaban J connectivity index is 0.000000695. The van der Waals surface area contributed by atoms with Crippen molar-refractivity contribution in [1.82, 2.24) is 4.90 Å². The Morgan fingerprint density at radius 2 is 1.32 bits per heavy atom. The molecule has 6 nitrogen and oxygen atoms in total. The first-order chi connectivity index (χ1) is 17.7. The molecule has 1 heterocycles. The third kappa shape index (κ3) is 9.32. The summed E-state index contributed by atoms with van der Waals surface area (Å²) in [6, 6.07) is 20.4. The van der Waals surface area contributed by atoms with Crippen molar-refractivity contribution in [2.75, 3.05) is 43.4 Å². The van der Waals surface area contributed by atoms with Crippen LogP contribution in [0.5, 0.6) is 0 Å². The minimum Gasteiger partial charge on any atom is -0.450 e. The molecule has 2 N–H and O–H groups in total. The number of rotatable bonds is 5. The largest absolute Gasteiger partial charge is 0.673 e. The average Bonchev–Trinajstić information content (AvgIpc) is 3.29. The molecule has 0 atom stereocenters. The van der Waals surface area contributed by atoms with Gasteiger partial charge in [0.2, 0.25) is 5.71 Å². The van der Waals surface area contributed by atoms with E-state index in [1.54, 1.807) is 4.90 Å². The normalized spacial score (nSPS) is 17.9. The van der Waals surface area contributed by atoms with E-state index < -0.39 is 7.25 Å². The Labute approximate surface area is 214 Å². The molecular formula is C26H31BF4N4O2. The van der Waals surface area contributed by atoms with Crippen LogP contribution in [0.2, 0.25) is 0 Å².